The lowest BCUT2D eigenvalue weighted by atomic mass is 10.1. The van der Waals surface area contributed by atoms with Crippen molar-refractivity contribution in [2.45, 2.75) is 32.4 Å². The third kappa shape index (κ3) is 5.24. The summed E-state index contributed by atoms with van der Waals surface area (Å²) in [5.41, 5.74) is 4.45. The van der Waals surface area contributed by atoms with Gasteiger partial charge in [-0.15, -0.1) is 0 Å². The van der Waals surface area contributed by atoms with Crippen LogP contribution in [0.1, 0.15) is 30.4 Å². The van der Waals surface area contributed by atoms with Crippen LogP contribution in [0, 0.1) is 0 Å². The molecule has 29 heavy (non-hydrogen) atoms. The van der Waals surface area contributed by atoms with Crippen LogP contribution in [0.2, 0.25) is 5.02 Å². The van der Waals surface area contributed by atoms with E-state index < -0.39 is 0 Å². The molecule has 1 fully saturated rings. The molecule has 0 aliphatic carbocycles. The summed E-state index contributed by atoms with van der Waals surface area (Å²) in [4.78, 5) is 2.39. The molecule has 1 aliphatic heterocycles. The fourth-order valence-electron chi connectivity index (χ4n) is 3.73. The number of ether oxygens (including phenoxy) is 1. The molecule has 0 saturated carbocycles. The average molecular weight is 407 g/mol. The predicted molar refractivity (Wildman–Crippen MR) is 122 cm³/mol. The topological polar surface area (TPSA) is 24.5 Å². The highest BCUT2D eigenvalue weighted by Gasteiger charge is 2.14. The molecule has 3 nitrogen and oxygen atoms in total. The number of hydrogen-bond acceptors (Lipinski definition) is 3. The van der Waals surface area contributed by atoms with Gasteiger partial charge in [0.2, 0.25) is 0 Å². The molecule has 0 amide bonds. The summed E-state index contributed by atoms with van der Waals surface area (Å²) in [5, 5.41) is 4.30. The zero-order valence-electron chi connectivity index (χ0n) is 16.6. The lowest BCUT2D eigenvalue weighted by Crippen LogP contribution is -2.29. The first kappa shape index (κ1) is 19.7. The Kier molecular flexibility index (Phi) is 6.58. The van der Waals surface area contributed by atoms with Crippen LogP contribution in [0.5, 0.6) is 5.75 Å². The van der Waals surface area contributed by atoms with Crippen LogP contribution in [0.4, 0.5) is 11.4 Å². The van der Waals surface area contributed by atoms with Crippen molar-refractivity contribution in [1.82, 2.24) is 0 Å². The maximum atomic E-state index is 6.59. The van der Waals surface area contributed by atoms with E-state index in [0.29, 0.717) is 13.2 Å². The highest BCUT2D eigenvalue weighted by molar-refractivity contribution is 6.33. The van der Waals surface area contributed by atoms with Gasteiger partial charge >= 0.3 is 0 Å². The molecular weight excluding hydrogens is 380 g/mol. The minimum Gasteiger partial charge on any atom is -0.489 e. The summed E-state index contributed by atoms with van der Waals surface area (Å²) < 4.78 is 6.06. The molecule has 1 heterocycles. The molecule has 0 aromatic heterocycles. The largest absolute Gasteiger partial charge is 0.489 e. The lowest BCUT2D eigenvalue weighted by Gasteiger charge is -2.29. The van der Waals surface area contributed by atoms with E-state index in [1.54, 1.807) is 0 Å². The van der Waals surface area contributed by atoms with Crippen LogP contribution >= 0.6 is 11.6 Å². The van der Waals surface area contributed by atoms with E-state index in [0.717, 1.165) is 46.4 Å². The quantitative estimate of drug-likeness (QED) is 0.483. The smallest absolute Gasteiger partial charge is 0.124 e. The van der Waals surface area contributed by atoms with E-state index >= 15 is 0 Å². The van der Waals surface area contributed by atoms with E-state index in [4.69, 9.17) is 16.3 Å². The first-order chi connectivity index (χ1) is 14.3. The molecule has 0 atom stereocenters. The number of hydrogen-bond donors (Lipinski definition) is 1. The predicted octanol–water partition coefficient (Wildman–Crippen LogP) is 6.52. The second-order valence-electron chi connectivity index (χ2n) is 7.45. The summed E-state index contributed by atoms with van der Waals surface area (Å²) >= 11 is 6.59. The van der Waals surface area contributed by atoms with Gasteiger partial charge in [0.25, 0.3) is 0 Å². The van der Waals surface area contributed by atoms with E-state index in [9.17, 15) is 0 Å². The second-order valence-corrected chi connectivity index (χ2v) is 7.86. The van der Waals surface area contributed by atoms with Gasteiger partial charge < -0.3 is 15.0 Å². The maximum Gasteiger partial charge on any atom is 0.124 e. The number of anilines is 2. The van der Waals surface area contributed by atoms with Crippen molar-refractivity contribution >= 4 is 23.0 Å². The van der Waals surface area contributed by atoms with Crippen LogP contribution < -0.4 is 15.0 Å². The van der Waals surface area contributed by atoms with Crippen LogP contribution in [-0.2, 0) is 13.2 Å². The van der Waals surface area contributed by atoms with Gasteiger partial charge in [-0.05, 0) is 49.1 Å². The van der Waals surface area contributed by atoms with Crippen LogP contribution in [-0.4, -0.2) is 13.1 Å². The van der Waals surface area contributed by atoms with Crippen molar-refractivity contribution in [2.75, 3.05) is 23.3 Å². The number of rotatable bonds is 7. The Morgan fingerprint density at radius 1 is 0.862 bits per heavy atom. The number of nitrogens with zero attached hydrogens (tertiary/aromatic N) is 1. The van der Waals surface area contributed by atoms with Gasteiger partial charge in [-0.2, -0.15) is 0 Å². The molecule has 150 valence electrons. The fourth-order valence-corrected chi connectivity index (χ4v) is 4.03. The molecule has 1 saturated heterocycles. The number of benzene rings is 3. The Balaban J connectivity index is 1.39. The van der Waals surface area contributed by atoms with Gasteiger partial charge in [-0.3, -0.25) is 0 Å². The zero-order chi connectivity index (χ0) is 19.9. The Hall–Kier alpha value is -2.65. The van der Waals surface area contributed by atoms with Gasteiger partial charge in [-0.25, -0.2) is 0 Å². The van der Waals surface area contributed by atoms with Crippen molar-refractivity contribution in [2.24, 2.45) is 0 Å². The first-order valence-electron chi connectivity index (χ1n) is 10.3. The second kappa shape index (κ2) is 9.71. The maximum absolute atomic E-state index is 6.59. The van der Waals surface area contributed by atoms with Crippen molar-refractivity contribution in [3.8, 4) is 5.75 Å². The molecule has 4 heteroatoms. The highest BCUT2D eigenvalue weighted by Crippen LogP contribution is 2.31. The van der Waals surface area contributed by atoms with Crippen LogP contribution in [0.3, 0.4) is 0 Å². The SMILES string of the molecule is Clc1cc(NCc2ccccc2OCc2ccccc2)ccc1N1CCCCC1. The van der Waals surface area contributed by atoms with Gasteiger partial charge in [0, 0.05) is 30.9 Å². The molecule has 3 aromatic carbocycles. The van der Waals surface area contributed by atoms with Crippen molar-refractivity contribution in [3.63, 3.8) is 0 Å². The number of piperidine rings is 1. The Bertz CT molecular complexity index is 923. The van der Waals surface area contributed by atoms with Crippen LogP contribution in [0.15, 0.2) is 72.8 Å². The van der Waals surface area contributed by atoms with Crippen molar-refractivity contribution in [1.29, 1.82) is 0 Å². The van der Waals surface area contributed by atoms with E-state index in [-0.39, 0.29) is 0 Å². The minimum absolute atomic E-state index is 0.564. The van der Waals surface area contributed by atoms with Crippen molar-refractivity contribution in [3.05, 3.63) is 88.9 Å². The van der Waals surface area contributed by atoms with Crippen molar-refractivity contribution < 1.29 is 4.74 Å². The summed E-state index contributed by atoms with van der Waals surface area (Å²) in [6.07, 6.45) is 3.81. The van der Waals surface area contributed by atoms with Gasteiger partial charge in [0.05, 0.1) is 10.7 Å². The fraction of sp³-hybridized carbons (Fsp3) is 0.280. The molecule has 0 radical (unpaired) electrons. The number of halogens is 1. The Labute approximate surface area is 178 Å². The standard InChI is InChI=1S/C25H27ClN2O/c26-23-17-22(13-14-24(23)28-15-7-2-8-16-28)27-18-21-11-5-6-12-25(21)29-19-20-9-3-1-4-10-20/h1,3-6,9-14,17,27H,2,7-8,15-16,18-19H2. The first-order valence-corrected chi connectivity index (χ1v) is 10.7. The minimum atomic E-state index is 0.564. The molecular formula is C25H27ClN2O. The Morgan fingerprint density at radius 2 is 1.62 bits per heavy atom. The summed E-state index contributed by atoms with van der Waals surface area (Å²) in [5.74, 6) is 0.903. The zero-order valence-corrected chi connectivity index (χ0v) is 17.4. The average Bonchev–Trinajstić information content (AvgIpc) is 2.78. The molecule has 0 bridgehead atoms. The third-order valence-corrected chi connectivity index (χ3v) is 5.64. The normalized spacial score (nSPS) is 13.9. The molecule has 1 N–H and O–H groups in total. The van der Waals surface area contributed by atoms with E-state index in [1.807, 2.05) is 42.5 Å². The Morgan fingerprint density at radius 3 is 2.41 bits per heavy atom. The molecule has 1 aliphatic rings. The van der Waals surface area contributed by atoms with E-state index in [2.05, 4.69) is 40.5 Å². The monoisotopic (exact) mass is 406 g/mol. The van der Waals surface area contributed by atoms with Crippen LogP contribution in [0.25, 0.3) is 0 Å². The summed E-state index contributed by atoms with van der Waals surface area (Å²) in [6.45, 7) is 3.44. The van der Waals surface area contributed by atoms with Gasteiger partial charge in [0.1, 0.15) is 12.4 Å². The van der Waals surface area contributed by atoms with Gasteiger partial charge in [0.15, 0.2) is 0 Å². The number of nitrogens with one attached hydrogen (secondary N) is 1. The lowest BCUT2D eigenvalue weighted by molar-refractivity contribution is 0.303. The molecule has 4 rings (SSSR count). The van der Waals surface area contributed by atoms with Gasteiger partial charge in [-0.1, -0.05) is 60.1 Å². The third-order valence-electron chi connectivity index (χ3n) is 5.34. The van der Waals surface area contributed by atoms with E-state index in [1.165, 1.54) is 19.3 Å². The highest BCUT2D eigenvalue weighted by atomic mass is 35.5. The summed E-state index contributed by atoms with van der Waals surface area (Å²) in [7, 11) is 0. The summed E-state index contributed by atoms with van der Waals surface area (Å²) in [6, 6.07) is 24.7. The molecule has 0 unspecified atom stereocenters. The molecule has 3 aromatic rings. The molecule has 0 spiro atoms. The number of para-hydroxylation sites is 1.